The van der Waals surface area contributed by atoms with Crippen LogP contribution in [0.5, 0.6) is 5.75 Å². The molecule has 10 heteroatoms. The lowest BCUT2D eigenvalue weighted by atomic mass is 10.2. The Morgan fingerprint density at radius 2 is 1.77 bits per heavy atom. The van der Waals surface area contributed by atoms with E-state index in [1.807, 2.05) is 0 Å². The van der Waals surface area contributed by atoms with Gasteiger partial charge in [0, 0.05) is 18.2 Å². The molecular formula is C16H14N4O6. The number of carbonyl (C=O) groups excluding carboxylic acids is 1. The Kier molecular flexibility index (Phi) is 5.93. The van der Waals surface area contributed by atoms with Crippen molar-refractivity contribution in [2.45, 2.75) is 13.0 Å². The summed E-state index contributed by atoms with van der Waals surface area (Å²) in [6, 6.07) is 11.3. The van der Waals surface area contributed by atoms with Crippen molar-refractivity contribution in [3.8, 4) is 5.75 Å². The van der Waals surface area contributed by atoms with Crippen LogP contribution in [0.4, 0.5) is 11.4 Å². The van der Waals surface area contributed by atoms with E-state index in [0.717, 1.165) is 0 Å². The first kappa shape index (κ1) is 18.5. The van der Waals surface area contributed by atoms with Gasteiger partial charge in [0.2, 0.25) is 0 Å². The number of carbonyl (C=O) groups is 1. The second-order valence-electron chi connectivity index (χ2n) is 5.07. The number of amides is 1. The first-order valence-corrected chi connectivity index (χ1v) is 7.36. The summed E-state index contributed by atoms with van der Waals surface area (Å²) < 4.78 is 5.31. The number of hydrogen-bond donors (Lipinski definition) is 1. The van der Waals surface area contributed by atoms with Gasteiger partial charge in [0.15, 0.2) is 11.9 Å². The van der Waals surface area contributed by atoms with Gasteiger partial charge < -0.3 is 4.74 Å². The number of benzene rings is 2. The van der Waals surface area contributed by atoms with Crippen LogP contribution in [-0.2, 0) is 4.79 Å². The van der Waals surface area contributed by atoms with Gasteiger partial charge in [-0.05, 0) is 30.7 Å². The van der Waals surface area contributed by atoms with E-state index in [1.54, 1.807) is 6.07 Å². The Bertz CT molecular complexity index is 850. The Morgan fingerprint density at radius 1 is 1.12 bits per heavy atom. The van der Waals surface area contributed by atoms with Crippen molar-refractivity contribution in [1.29, 1.82) is 0 Å². The summed E-state index contributed by atoms with van der Waals surface area (Å²) in [6.45, 7) is 1.42. The van der Waals surface area contributed by atoms with E-state index in [0.29, 0.717) is 5.56 Å². The SMILES string of the molecule is CC(Oc1ccccc1[N+](=O)[O-])C(=O)NN=Cc1ccc([N+](=O)[O-])cc1. The van der Waals surface area contributed by atoms with Crippen LogP contribution in [0.25, 0.3) is 0 Å². The monoisotopic (exact) mass is 358 g/mol. The Hall–Kier alpha value is -3.82. The molecule has 1 amide bonds. The van der Waals surface area contributed by atoms with Crippen molar-refractivity contribution in [1.82, 2.24) is 5.43 Å². The molecule has 1 unspecified atom stereocenters. The summed E-state index contributed by atoms with van der Waals surface area (Å²) >= 11 is 0. The number of non-ortho nitro benzene ring substituents is 1. The van der Waals surface area contributed by atoms with Crippen molar-refractivity contribution in [3.63, 3.8) is 0 Å². The van der Waals surface area contributed by atoms with Crippen LogP contribution in [0.15, 0.2) is 53.6 Å². The van der Waals surface area contributed by atoms with Crippen LogP contribution >= 0.6 is 0 Å². The van der Waals surface area contributed by atoms with Crippen LogP contribution < -0.4 is 10.2 Å². The third-order valence-corrected chi connectivity index (χ3v) is 3.23. The van der Waals surface area contributed by atoms with Crippen LogP contribution in [0.3, 0.4) is 0 Å². The fourth-order valence-corrected chi connectivity index (χ4v) is 1.90. The zero-order valence-electron chi connectivity index (χ0n) is 13.6. The van der Waals surface area contributed by atoms with Gasteiger partial charge in [-0.25, -0.2) is 5.43 Å². The highest BCUT2D eigenvalue weighted by Gasteiger charge is 2.20. The number of hydrogen-bond acceptors (Lipinski definition) is 7. The summed E-state index contributed by atoms with van der Waals surface area (Å²) in [5, 5.41) is 25.2. The van der Waals surface area contributed by atoms with E-state index in [-0.39, 0.29) is 17.1 Å². The van der Waals surface area contributed by atoms with Gasteiger partial charge in [0.05, 0.1) is 16.1 Å². The van der Waals surface area contributed by atoms with Crippen molar-refractivity contribution >= 4 is 23.5 Å². The van der Waals surface area contributed by atoms with Crippen molar-refractivity contribution < 1.29 is 19.4 Å². The highest BCUT2D eigenvalue weighted by Crippen LogP contribution is 2.26. The number of nitro benzene ring substituents is 2. The van der Waals surface area contributed by atoms with Crippen molar-refractivity contribution in [2.75, 3.05) is 0 Å². The first-order chi connectivity index (χ1) is 12.4. The summed E-state index contributed by atoms with van der Waals surface area (Å²) in [4.78, 5) is 32.3. The number of nitrogens with zero attached hydrogens (tertiary/aromatic N) is 3. The summed E-state index contributed by atoms with van der Waals surface area (Å²) in [5.41, 5.74) is 2.48. The van der Waals surface area contributed by atoms with Crippen LogP contribution in [0, 0.1) is 20.2 Å². The van der Waals surface area contributed by atoms with E-state index < -0.39 is 21.9 Å². The Morgan fingerprint density at radius 3 is 2.38 bits per heavy atom. The third-order valence-electron chi connectivity index (χ3n) is 3.23. The molecule has 0 aliphatic rings. The first-order valence-electron chi connectivity index (χ1n) is 7.36. The quantitative estimate of drug-likeness (QED) is 0.458. The van der Waals surface area contributed by atoms with Crippen LogP contribution in [0.2, 0.25) is 0 Å². The molecule has 10 nitrogen and oxygen atoms in total. The van der Waals surface area contributed by atoms with Crippen LogP contribution in [-0.4, -0.2) is 28.1 Å². The lowest BCUT2D eigenvalue weighted by Gasteiger charge is -2.12. The van der Waals surface area contributed by atoms with Gasteiger partial charge in [0.1, 0.15) is 0 Å². The van der Waals surface area contributed by atoms with E-state index in [9.17, 15) is 25.0 Å². The molecule has 1 atom stereocenters. The van der Waals surface area contributed by atoms with Gasteiger partial charge in [-0.3, -0.25) is 25.0 Å². The molecule has 1 N–H and O–H groups in total. The number of rotatable bonds is 7. The second kappa shape index (κ2) is 8.33. The normalized spacial score (nSPS) is 11.7. The van der Waals surface area contributed by atoms with Gasteiger partial charge in [0.25, 0.3) is 11.6 Å². The van der Waals surface area contributed by atoms with E-state index in [4.69, 9.17) is 4.74 Å². The average Bonchev–Trinajstić information content (AvgIpc) is 2.62. The predicted molar refractivity (Wildman–Crippen MR) is 92.0 cm³/mol. The number of hydrazone groups is 1. The molecule has 2 aromatic rings. The number of ether oxygens (including phenoxy) is 1. The molecule has 2 aromatic carbocycles. The molecule has 134 valence electrons. The molecule has 0 heterocycles. The van der Waals surface area contributed by atoms with Crippen molar-refractivity contribution in [2.24, 2.45) is 5.10 Å². The molecule has 0 radical (unpaired) electrons. The lowest BCUT2D eigenvalue weighted by molar-refractivity contribution is -0.386. The molecule has 0 saturated carbocycles. The molecule has 0 aliphatic carbocycles. The molecule has 0 aromatic heterocycles. The predicted octanol–water partition coefficient (Wildman–Crippen LogP) is 2.42. The Balaban J connectivity index is 1.95. The van der Waals surface area contributed by atoms with Gasteiger partial charge in [-0.2, -0.15) is 5.10 Å². The molecule has 0 aliphatic heterocycles. The van der Waals surface area contributed by atoms with E-state index >= 15 is 0 Å². The summed E-state index contributed by atoms with van der Waals surface area (Å²) in [5.74, 6) is -0.638. The molecule has 0 spiro atoms. The maximum absolute atomic E-state index is 12.0. The highest BCUT2D eigenvalue weighted by molar-refractivity contribution is 5.84. The molecule has 0 bridgehead atoms. The topological polar surface area (TPSA) is 137 Å². The fraction of sp³-hybridized carbons (Fsp3) is 0.125. The second-order valence-corrected chi connectivity index (χ2v) is 5.07. The molecular weight excluding hydrogens is 344 g/mol. The largest absolute Gasteiger partial charge is 0.474 e. The van der Waals surface area contributed by atoms with Gasteiger partial charge in [-0.1, -0.05) is 12.1 Å². The van der Waals surface area contributed by atoms with Crippen molar-refractivity contribution in [3.05, 3.63) is 74.3 Å². The minimum absolute atomic E-state index is 0.0282. The van der Waals surface area contributed by atoms with Gasteiger partial charge in [-0.15, -0.1) is 0 Å². The van der Waals surface area contributed by atoms with Gasteiger partial charge >= 0.3 is 5.69 Å². The summed E-state index contributed by atoms with van der Waals surface area (Å²) in [6.07, 6.45) is 0.282. The standard InChI is InChI=1S/C16H14N4O6/c1-11(26-15-5-3-2-4-14(15)20(24)25)16(21)18-17-10-12-6-8-13(9-7-12)19(22)23/h2-11H,1H3,(H,18,21). The minimum atomic E-state index is -1.02. The zero-order chi connectivity index (χ0) is 19.1. The lowest BCUT2D eigenvalue weighted by Crippen LogP contribution is -2.33. The number of para-hydroxylation sites is 2. The minimum Gasteiger partial charge on any atom is -0.474 e. The maximum Gasteiger partial charge on any atom is 0.310 e. The molecule has 26 heavy (non-hydrogen) atoms. The number of nitro groups is 2. The molecule has 0 fully saturated rings. The Labute approximate surface area is 147 Å². The maximum atomic E-state index is 12.0. The molecule has 2 rings (SSSR count). The smallest absolute Gasteiger partial charge is 0.310 e. The molecule has 0 saturated heterocycles. The van der Waals surface area contributed by atoms with E-state index in [1.165, 1.54) is 55.6 Å². The zero-order valence-corrected chi connectivity index (χ0v) is 13.6. The number of nitrogens with one attached hydrogen (secondary N) is 1. The summed E-state index contributed by atoms with van der Waals surface area (Å²) in [7, 11) is 0. The average molecular weight is 358 g/mol. The van der Waals surface area contributed by atoms with Crippen LogP contribution in [0.1, 0.15) is 12.5 Å². The third kappa shape index (κ3) is 4.84. The highest BCUT2D eigenvalue weighted by atomic mass is 16.6. The van der Waals surface area contributed by atoms with E-state index in [2.05, 4.69) is 10.5 Å². The fourth-order valence-electron chi connectivity index (χ4n) is 1.90.